The van der Waals surface area contributed by atoms with E-state index in [4.69, 9.17) is 9.97 Å². The van der Waals surface area contributed by atoms with Crippen LogP contribution in [0.1, 0.15) is 16.6 Å². The van der Waals surface area contributed by atoms with Crippen LogP contribution in [-0.2, 0) is 0 Å². The summed E-state index contributed by atoms with van der Waals surface area (Å²) < 4.78 is 0. The van der Waals surface area contributed by atoms with E-state index in [0.717, 1.165) is 34.2 Å². The second-order valence-corrected chi connectivity index (χ2v) is 7.41. The fraction of sp³-hybridized carbons (Fsp3) is 0.375. The molecule has 2 aromatic rings. The van der Waals surface area contributed by atoms with E-state index >= 15 is 0 Å². The van der Waals surface area contributed by atoms with Crippen molar-refractivity contribution < 1.29 is 0 Å². The molecule has 1 saturated heterocycles. The van der Waals surface area contributed by atoms with Crippen molar-refractivity contribution in [2.75, 3.05) is 29.6 Å². The van der Waals surface area contributed by atoms with Gasteiger partial charge in [-0.2, -0.15) is 11.8 Å². The highest BCUT2D eigenvalue weighted by molar-refractivity contribution is 8.06. The lowest BCUT2D eigenvalue weighted by Crippen LogP contribution is -2.13. The van der Waals surface area contributed by atoms with Crippen molar-refractivity contribution in [3.63, 3.8) is 0 Å². The summed E-state index contributed by atoms with van der Waals surface area (Å²) in [6, 6.07) is 10.4. The van der Waals surface area contributed by atoms with Gasteiger partial charge in [-0.15, -0.1) is 11.8 Å². The zero-order chi connectivity index (χ0) is 14.7. The Balaban J connectivity index is 2.06. The molecule has 0 saturated carbocycles. The minimum absolute atomic E-state index is 0.402. The maximum absolute atomic E-state index is 4.89. The Morgan fingerprint density at radius 1 is 1.14 bits per heavy atom. The monoisotopic (exact) mass is 317 g/mol. The molecular formula is C16H19N3S2. The summed E-state index contributed by atoms with van der Waals surface area (Å²) >= 11 is 3.97. The van der Waals surface area contributed by atoms with E-state index < -0.39 is 0 Å². The second kappa shape index (κ2) is 6.71. The Bertz CT molecular complexity index is 610. The highest BCUT2D eigenvalue weighted by atomic mass is 32.2. The van der Waals surface area contributed by atoms with Crippen molar-refractivity contribution in [3.8, 4) is 11.3 Å². The number of rotatable bonds is 3. The largest absolute Gasteiger partial charge is 0.373 e. The normalized spacial score (nSPS) is 18.5. The van der Waals surface area contributed by atoms with Gasteiger partial charge in [-0.1, -0.05) is 30.3 Å². The molecule has 2 heterocycles. The van der Waals surface area contributed by atoms with Crippen LogP contribution < -0.4 is 5.32 Å². The smallest absolute Gasteiger partial charge is 0.145 e. The van der Waals surface area contributed by atoms with Crippen LogP contribution in [0.4, 0.5) is 5.82 Å². The Hall–Kier alpha value is -1.20. The summed E-state index contributed by atoms with van der Waals surface area (Å²) in [5.41, 5.74) is 3.31. The maximum atomic E-state index is 4.89. The van der Waals surface area contributed by atoms with E-state index in [9.17, 15) is 0 Å². The van der Waals surface area contributed by atoms with E-state index in [2.05, 4.69) is 36.5 Å². The molecule has 0 aliphatic carbocycles. The summed E-state index contributed by atoms with van der Waals surface area (Å²) in [7, 11) is 1.93. The molecule has 0 spiro atoms. The van der Waals surface area contributed by atoms with Gasteiger partial charge >= 0.3 is 0 Å². The van der Waals surface area contributed by atoms with Crippen LogP contribution in [0.5, 0.6) is 0 Å². The Kier molecular flexibility index (Phi) is 4.70. The summed E-state index contributed by atoms with van der Waals surface area (Å²) in [6.07, 6.45) is 0. The van der Waals surface area contributed by atoms with E-state index in [-0.39, 0.29) is 0 Å². The van der Waals surface area contributed by atoms with Crippen molar-refractivity contribution in [1.82, 2.24) is 9.97 Å². The number of hydrogen-bond acceptors (Lipinski definition) is 5. The van der Waals surface area contributed by atoms with Crippen LogP contribution >= 0.6 is 23.5 Å². The summed E-state index contributed by atoms with van der Waals surface area (Å²) in [5, 5.41) is 3.62. The van der Waals surface area contributed by atoms with Gasteiger partial charge in [0.25, 0.3) is 0 Å². The quantitative estimate of drug-likeness (QED) is 0.925. The Morgan fingerprint density at radius 2 is 1.95 bits per heavy atom. The van der Waals surface area contributed by atoms with Crippen molar-refractivity contribution in [3.05, 3.63) is 41.7 Å². The molecule has 3 nitrogen and oxygen atoms in total. The van der Waals surface area contributed by atoms with E-state index in [1.54, 1.807) is 0 Å². The number of nitrogens with one attached hydrogen (secondary N) is 1. The molecule has 0 radical (unpaired) electrons. The first-order valence-electron chi connectivity index (χ1n) is 7.10. The van der Waals surface area contributed by atoms with Crippen molar-refractivity contribution >= 4 is 29.3 Å². The van der Waals surface area contributed by atoms with Crippen LogP contribution in [0.25, 0.3) is 11.3 Å². The molecule has 1 aliphatic heterocycles. The van der Waals surface area contributed by atoms with Gasteiger partial charge in [0.2, 0.25) is 0 Å². The summed E-state index contributed by atoms with van der Waals surface area (Å²) in [5.74, 6) is 5.42. The van der Waals surface area contributed by atoms with Gasteiger partial charge in [0, 0.05) is 35.4 Å². The molecular weight excluding hydrogens is 298 g/mol. The lowest BCUT2D eigenvalue weighted by molar-refractivity contribution is 0.920. The molecule has 0 amide bonds. The highest BCUT2D eigenvalue weighted by Gasteiger charge is 2.22. The fourth-order valence-electron chi connectivity index (χ4n) is 2.44. The highest BCUT2D eigenvalue weighted by Crippen LogP contribution is 2.37. The van der Waals surface area contributed by atoms with Gasteiger partial charge in [-0.3, -0.25) is 0 Å². The standard InChI is InChI=1S/C16H19N3S2/c1-11-14(12-6-4-3-5-7-12)18-16(19-15(11)17-2)13-10-20-8-9-21-13/h3-7,13H,8-10H2,1-2H3,(H,17,18,19). The molecule has 1 unspecified atom stereocenters. The van der Waals surface area contributed by atoms with Crippen LogP contribution in [0.3, 0.4) is 0 Å². The molecule has 3 rings (SSSR count). The second-order valence-electron chi connectivity index (χ2n) is 4.95. The van der Waals surface area contributed by atoms with Gasteiger partial charge in [-0.25, -0.2) is 9.97 Å². The van der Waals surface area contributed by atoms with Crippen LogP contribution in [0.2, 0.25) is 0 Å². The molecule has 5 heteroatoms. The maximum Gasteiger partial charge on any atom is 0.145 e. The molecule has 110 valence electrons. The van der Waals surface area contributed by atoms with Gasteiger partial charge < -0.3 is 5.32 Å². The summed E-state index contributed by atoms with van der Waals surface area (Å²) in [4.78, 5) is 9.63. The SMILES string of the molecule is CNc1nc(C2CSCCS2)nc(-c2ccccc2)c1C. The number of anilines is 1. The average Bonchev–Trinajstić information content (AvgIpc) is 2.56. The lowest BCUT2D eigenvalue weighted by Gasteiger charge is -2.21. The van der Waals surface area contributed by atoms with Crippen LogP contribution in [-0.4, -0.2) is 34.3 Å². The molecule has 1 N–H and O–H groups in total. The number of thioether (sulfide) groups is 2. The third-order valence-corrected chi connectivity index (χ3v) is 6.30. The minimum Gasteiger partial charge on any atom is -0.373 e. The minimum atomic E-state index is 0.402. The fourth-order valence-corrected chi connectivity index (χ4v) is 5.03. The van der Waals surface area contributed by atoms with E-state index in [1.807, 2.05) is 36.6 Å². The van der Waals surface area contributed by atoms with Crippen molar-refractivity contribution in [2.24, 2.45) is 0 Å². The first-order valence-corrected chi connectivity index (χ1v) is 9.31. The number of benzene rings is 1. The Labute approximate surface area is 134 Å². The lowest BCUT2D eigenvalue weighted by atomic mass is 10.1. The van der Waals surface area contributed by atoms with Gasteiger partial charge in [0.15, 0.2) is 0 Å². The van der Waals surface area contributed by atoms with Gasteiger partial charge in [0.05, 0.1) is 10.9 Å². The van der Waals surface area contributed by atoms with Crippen LogP contribution in [0.15, 0.2) is 30.3 Å². The van der Waals surface area contributed by atoms with Gasteiger partial charge in [0.1, 0.15) is 11.6 Å². The predicted octanol–water partition coefficient (Wildman–Crippen LogP) is 4.01. The van der Waals surface area contributed by atoms with E-state index in [0.29, 0.717) is 5.25 Å². The average molecular weight is 317 g/mol. The first kappa shape index (κ1) is 14.7. The molecule has 1 fully saturated rings. The zero-order valence-corrected chi connectivity index (χ0v) is 13.9. The molecule has 0 bridgehead atoms. The number of nitrogens with zero attached hydrogens (tertiary/aromatic N) is 2. The third kappa shape index (κ3) is 3.19. The first-order chi connectivity index (χ1) is 10.3. The van der Waals surface area contributed by atoms with E-state index in [1.165, 1.54) is 11.5 Å². The number of hydrogen-bond donors (Lipinski definition) is 1. The number of aromatic nitrogens is 2. The Morgan fingerprint density at radius 3 is 2.62 bits per heavy atom. The molecule has 1 aliphatic rings. The third-order valence-electron chi connectivity index (χ3n) is 3.55. The molecule has 1 aromatic carbocycles. The van der Waals surface area contributed by atoms with Gasteiger partial charge in [-0.05, 0) is 6.92 Å². The molecule has 1 aromatic heterocycles. The molecule has 21 heavy (non-hydrogen) atoms. The predicted molar refractivity (Wildman–Crippen MR) is 94.3 cm³/mol. The van der Waals surface area contributed by atoms with Crippen LogP contribution in [0, 0.1) is 6.92 Å². The zero-order valence-electron chi connectivity index (χ0n) is 12.3. The molecule has 1 atom stereocenters. The van der Waals surface area contributed by atoms with Crippen molar-refractivity contribution in [2.45, 2.75) is 12.2 Å². The van der Waals surface area contributed by atoms with Crippen molar-refractivity contribution in [1.29, 1.82) is 0 Å². The summed E-state index contributed by atoms with van der Waals surface area (Å²) in [6.45, 7) is 2.08. The topological polar surface area (TPSA) is 37.8 Å².